The van der Waals surface area contributed by atoms with Crippen LogP contribution < -0.4 is 4.90 Å². The lowest BCUT2D eigenvalue weighted by Gasteiger charge is -2.27. The Hall–Kier alpha value is -1.99. The summed E-state index contributed by atoms with van der Waals surface area (Å²) in [5.74, 6) is 1.04. The van der Waals surface area contributed by atoms with Gasteiger partial charge in [-0.15, -0.1) is 0 Å². The summed E-state index contributed by atoms with van der Waals surface area (Å²) >= 11 is 6.16. The number of rotatable bonds is 3. The lowest BCUT2D eigenvalue weighted by Crippen LogP contribution is -2.33. The van der Waals surface area contributed by atoms with E-state index < -0.39 is 0 Å². The van der Waals surface area contributed by atoms with Crippen molar-refractivity contribution in [3.8, 4) is 6.07 Å². The maximum Gasteiger partial charge on any atom is 0.105 e. The van der Waals surface area contributed by atoms with Gasteiger partial charge >= 0.3 is 0 Å². The van der Waals surface area contributed by atoms with Gasteiger partial charge in [-0.05, 0) is 38.0 Å². The van der Waals surface area contributed by atoms with Gasteiger partial charge in [0, 0.05) is 37.2 Å². The van der Waals surface area contributed by atoms with Crippen LogP contribution in [-0.2, 0) is 6.54 Å². The smallest absolute Gasteiger partial charge is 0.105 e. The molecular formula is C16H17ClN4. The summed E-state index contributed by atoms with van der Waals surface area (Å²) in [7, 11) is 0. The SMILES string of the molecule is Cc1nccn1C[C@@H]1CCCN1c1ccc(C#N)c(Cl)c1. The van der Waals surface area contributed by atoms with Crippen molar-refractivity contribution in [2.45, 2.75) is 32.4 Å². The predicted octanol–water partition coefficient (Wildman–Crippen LogP) is 3.39. The average molecular weight is 301 g/mol. The molecule has 0 aliphatic carbocycles. The topological polar surface area (TPSA) is 44.9 Å². The number of hydrogen-bond acceptors (Lipinski definition) is 3. The van der Waals surface area contributed by atoms with Gasteiger partial charge in [0.2, 0.25) is 0 Å². The first-order valence-corrected chi connectivity index (χ1v) is 7.51. The van der Waals surface area contributed by atoms with Crippen LogP contribution in [0.4, 0.5) is 5.69 Å². The van der Waals surface area contributed by atoms with E-state index >= 15 is 0 Å². The minimum Gasteiger partial charge on any atom is -0.367 e. The summed E-state index contributed by atoms with van der Waals surface area (Å²) in [4.78, 5) is 6.66. The van der Waals surface area contributed by atoms with Crippen molar-refractivity contribution in [3.05, 3.63) is 47.0 Å². The lowest BCUT2D eigenvalue weighted by atomic mass is 10.1. The minimum atomic E-state index is 0.446. The van der Waals surface area contributed by atoms with E-state index in [-0.39, 0.29) is 0 Å². The van der Waals surface area contributed by atoms with Crippen LogP contribution in [-0.4, -0.2) is 22.1 Å². The fraction of sp³-hybridized carbons (Fsp3) is 0.375. The van der Waals surface area contributed by atoms with Gasteiger partial charge in [0.15, 0.2) is 0 Å². The number of aryl methyl sites for hydroxylation is 1. The molecule has 1 atom stereocenters. The summed E-state index contributed by atoms with van der Waals surface area (Å²) in [6, 6.07) is 8.24. The van der Waals surface area contributed by atoms with Crippen molar-refractivity contribution in [2.24, 2.45) is 0 Å². The number of halogens is 1. The third-order valence-electron chi connectivity index (χ3n) is 4.11. The molecule has 0 N–H and O–H groups in total. The molecule has 2 aromatic rings. The van der Waals surface area contributed by atoms with Crippen LogP contribution in [0.1, 0.15) is 24.2 Å². The molecule has 1 aliphatic rings. The molecule has 0 spiro atoms. The van der Waals surface area contributed by atoms with E-state index in [9.17, 15) is 0 Å². The van der Waals surface area contributed by atoms with E-state index in [0.29, 0.717) is 16.6 Å². The Labute approximate surface area is 129 Å². The number of imidazole rings is 1. The van der Waals surface area contributed by atoms with Gasteiger partial charge in [0.05, 0.1) is 10.6 Å². The first-order valence-electron chi connectivity index (χ1n) is 7.13. The predicted molar refractivity (Wildman–Crippen MR) is 83.5 cm³/mol. The fourth-order valence-electron chi connectivity index (χ4n) is 2.96. The van der Waals surface area contributed by atoms with Crippen molar-refractivity contribution in [2.75, 3.05) is 11.4 Å². The Bertz CT molecular complexity index is 686. The van der Waals surface area contributed by atoms with Crippen molar-refractivity contribution < 1.29 is 0 Å². The van der Waals surface area contributed by atoms with Gasteiger partial charge in [-0.25, -0.2) is 4.98 Å². The number of benzene rings is 1. The van der Waals surface area contributed by atoms with E-state index in [1.54, 1.807) is 6.07 Å². The van der Waals surface area contributed by atoms with Gasteiger partial charge in [-0.3, -0.25) is 0 Å². The molecule has 1 aromatic carbocycles. The Balaban J connectivity index is 1.82. The minimum absolute atomic E-state index is 0.446. The highest BCUT2D eigenvalue weighted by Crippen LogP contribution is 2.30. The standard InChI is InChI=1S/C16H17ClN4/c1-12-19-6-8-20(12)11-15-3-2-7-21(15)14-5-4-13(10-18)16(17)9-14/h4-6,8-9,15H,2-3,7,11H2,1H3/t15-/m0/s1. The van der Waals surface area contributed by atoms with Crippen LogP contribution in [0.2, 0.25) is 5.02 Å². The van der Waals surface area contributed by atoms with Crippen molar-refractivity contribution >= 4 is 17.3 Å². The van der Waals surface area contributed by atoms with Gasteiger partial charge in [0.1, 0.15) is 11.9 Å². The van der Waals surface area contributed by atoms with Crippen LogP contribution in [0.25, 0.3) is 0 Å². The fourth-order valence-corrected chi connectivity index (χ4v) is 3.18. The molecule has 1 aliphatic heterocycles. The highest BCUT2D eigenvalue weighted by atomic mass is 35.5. The normalized spacial score (nSPS) is 18.0. The van der Waals surface area contributed by atoms with Crippen molar-refractivity contribution in [1.29, 1.82) is 5.26 Å². The van der Waals surface area contributed by atoms with Gasteiger partial charge in [-0.1, -0.05) is 11.6 Å². The molecule has 1 aromatic heterocycles. The van der Waals surface area contributed by atoms with E-state index in [4.69, 9.17) is 16.9 Å². The second-order valence-electron chi connectivity index (χ2n) is 5.39. The number of hydrogen-bond donors (Lipinski definition) is 0. The van der Waals surface area contributed by atoms with Crippen molar-refractivity contribution in [1.82, 2.24) is 9.55 Å². The molecule has 0 amide bonds. The van der Waals surface area contributed by atoms with Gasteiger partial charge in [0.25, 0.3) is 0 Å². The van der Waals surface area contributed by atoms with E-state index in [1.807, 2.05) is 31.5 Å². The number of anilines is 1. The highest BCUT2D eigenvalue weighted by Gasteiger charge is 2.25. The lowest BCUT2D eigenvalue weighted by molar-refractivity contribution is 0.540. The second-order valence-corrected chi connectivity index (χ2v) is 5.80. The van der Waals surface area contributed by atoms with E-state index in [1.165, 1.54) is 6.42 Å². The second kappa shape index (κ2) is 5.79. The molecule has 1 fully saturated rings. The zero-order chi connectivity index (χ0) is 14.8. The van der Waals surface area contributed by atoms with Gasteiger partial charge < -0.3 is 9.47 Å². The molecule has 2 heterocycles. The first-order chi connectivity index (χ1) is 10.2. The molecule has 0 unspecified atom stereocenters. The van der Waals surface area contributed by atoms with Crippen LogP contribution in [0.5, 0.6) is 0 Å². The third-order valence-corrected chi connectivity index (χ3v) is 4.43. The Morgan fingerprint density at radius 2 is 2.33 bits per heavy atom. The maximum atomic E-state index is 8.97. The Morgan fingerprint density at radius 1 is 1.48 bits per heavy atom. The molecule has 4 nitrogen and oxygen atoms in total. The quantitative estimate of drug-likeness (QED) is 0.873. The molecule has 0 saturated carbocycles. The highest BCUT2D eigenvalue weighted by molar-refractivity contribution is 6.32. The molecular weight excluding hydrogens is 284 g/mol. The maximum absolute atomic E-state index is 8.97. The van der Waals surface area contributed by atoms with Crippen molar-refractivity contribution in [3.63, 3.8) is 0 Å². The summed E-state index contributed by atoms with van der Waals surface area (Å²) in [6.45, 7) is 3.99. The first kappa shape index (κ1) is 14.0. The zero-order valence-corrected chi connectivity index (χ0v) is 12.7. The summed E-state index contributed by atoms with van der Waals surface area (Å²) in [5.41, 5.74) is 1.63. The monoisotopic (exact) mass is 300 g/mol. The number of nitriles is 1. The molecule has 0 bridgehead atoms. The number of nitrogens with zero attached hydrogens (tertiary/aromatic N) is 4. The molecule has 5 heteroatoms. The number of aromatic nitrogens is 2. The van der Waals surface area contributed by atoms with E-state index in [2.05, 4.69) is 20.5 Å². The zero-order valence-electron chi connectivity index (χ0n) is 12.0. The van der Waals surface area contributed by atoms with Crippen LogP contribution in [0, 0.1) is 18.3 Å². The van der Waals surface area contributed by atoms with Crippen LogP contribution in [0.15, 0.2) is 30.6 Å². The molecule has 1 saturated heterocycles. The Morgan fingerprint density at radius 3 is 3.00 bits per heavy atom. The Kier molecular flexibility index (Phi) is 3.85. The average Bonchev–Trinajstić information content (AvgIpc) is 3.09. The summed E-state index contributed by atoms with van der Waals surface area (Å²) in [5, 5.41) is 9.50. The van der Waals surface area contributed by atoms with Crippen LogP contribution >= 0.6 is 11.6 Å². The van der Waals surface area contributed by atoms with E-state index in [0.717, 1.165) is 31.0 Å². The third kappa shape index (κ3) is 2.74. The molecule has 3 rings (SSSR count). The molecule has 21 heavy (non-hydrogen) atoms. The molecule has 108 valence electrons. The summed E-state index contributed by atoms with van der Waals surface area (Å²) < 4.78 is 2.19. The largest absolute Gasteiger partial charge is 0.367 e. The van der Waals surface area contributed by atoms with Gasteiger partial charge in [-0.2, -0.15) is 5.26 Å². The summed E-state index contributed by atoms with van der Waals surface area (Å²) in [6.07, 6.45) is 6.20. The molecule has 0 radical (unpaired) electrons. The van der Waals surface area contributed by atoms with Crippen LogP contribution in [0.3, 0.4) is 0 Å².